The predicted octanol–water partition coefficient (Wildman–Crippen LogP) is 5.55. The third-order valence-corrected chi connectivity index (χ3v) is 4.70. The summed E-state index contributed by atoms with van der Waals surface area (Å²) in [7, 11) is 1.70. The minimum absolute atomic E-state index is 0.216. The molecule has 0 amide bonds. The Morgan fingerprint density at radius 3 is 2.54 bits per heavy atom. The Bertz CT molecular complexity index is 1020. The predicted molar refractivity (Wildman–Crippen MR) is 99.8 cm³/mol. The fraction of sp³-hybridized carbons (Fsp3) is 0.136. The highest BCUT2D eigenvalue weighted by Gasteiger charge is 2.15. The van der Waals surface area contributed by atoms with Crippen LogP contribution in [-0.2, 0) is 0 Å². The van der Waals surface area contributed by atoms with E-state index < -0.39 is 0 Å². The number of methoxy groups -OCH3 is 1. The van der Waals surface area contributed by atoms with E-state index in [9.17, 15) is 0 Å². The Balaban J connectivity index is 1.90. The molecule has 1 heterocycles. The van der Waals surface area contributed by atoms with E-state index >= 15 is 0 Å². The van der Waals surface area contributed by atoms with E-state index in [2.05, 4.69) is 61.5 Å². The molecule has 0 aliphatic carbocycles. The number of aromatic nitrogens is 1. The quantitative estimate of drug-likeness (QED) is 0.495. The molecule has 0 aliphatic heterocycles. The van der Waals surface area contributed by atoms with Gasteiger partial charge in [0, 0.05) is 17.5 Å². The number of rotatable bonds is 3. The largest absolute Gasteiger partial charge is 0.497 e. The summed E-state index contributed by atoms with van der Waals surface area (Å²) in [5, 5.41) is 4.90. The molecule has 2 heteroatoms. The number of ether oxygens (including phenoxy) is 1. The van der Waals surface area contributed by atoms with Crippen LogP contribution in [0, 0.1) is 0 Å². The summed E-state index contributed by atoms with van der Waals surface area (Å²) in [6.07, 6.45) is 1.89. The molecule has 4 aromatic rings. The van der Waals surface area contributed by atoms with E-state index in [0.717, 1.165) is 16.8 Å². The molecule has 0 bridgehead atoms. The van der Waals surface area contributed by atoms with Gasteiger partial charge in [0.25, 0.3) is 0 Å². The smallest absolute Gasteiger partial charge is 0.119 e. The second kappa shape index (κ2) is 5.97. The highest BCUT2D eigenvalue weighted by atomic mass is 16.5. The molecule has 4 rings (SSSR count). The molecule has 0 aliphatic rings. The summed E-state index contributed by atoms with van der Waals surface area (Å²) in [5.74, 6) is 1.09. The van der Waals surface area contributed by atoms with E-state index in [1.807, 2.05) is 18.3 Å². The molecule has 0 spiro atoms. The maximum Gasteiger partial charge on any atom is 0.119 e. The van der Waals surface area contributed by atoms with E-state index in [4.69, 9.17) is 9.72 Å². The van der Waals surface area contributed by atoms with Crippen LogP contribution in [0.4, 0.5) is 0 Å². The molecule has 0 radical (unpaired) electrons. The number of fused-ring (bicyclic) bond motifs is 2. The third kappa shape index (κ3) is 2.41. The first-order valence-electron chi connectivity index (χ1n) is 8.18. The third-order valence-electron chi connectivity index (χ3n) is 4.70. The van der Waals surface area contributed by atoms with Gasteiger partial charge in [0.1, 0.15) is 5.75 Å². The van der Waals surface area contributed by atoms with Gasteiger partial charge < -0.3 is 4.74 Å². The highest BCUT2D eigenvalue weighted by molar-refractivity contribution is 5.89. The van der Waals surface area contributed by atoms with Crippen LogP contribution in [0.3, 0.4) is 0 Å². The molecule has 1 atom stereocenters. The van der Waals surface area contributed by atoms with Gasteiger partial charge in [-0.15, -0.1) is 0 Å². The standard InChI is InChI=1S/C22H19NO/c1-15(19-9-5-7-16-6-3-4-8-20(16)19)22-21-11-10-18(24-2)14-17(21)12-13-23-22/h3-15H,1-2H3. The molecule has 0 saturated carbocycles. The molecule has 0 N–H and O–H groups in total. The number of pyridine rings is 1. The average molecular weight is 313 g/mol. The maximum absolute atomic E-state index is 5.34. The minimum Gasteiger partial charge on any atom is -0.497 e. The SMILES string of the molecule is COc1ccc2c(C(C)c3cccc4ccccc34)nccc2c1. The molecule has 1 aromatic heterocycles. The molecule has 2 nitrogen and oxygen atoms in total. The van der Waals surface area contributed by atoms with Crippen molar-refractivity contribution in [1.82, 2.24) is 4.98 Å². The van der Waals surface area contributed by atoms with Gasteiger partial charge in [0.2, 0.25) is 0 Å². The van der Waals surface area contributed by atoms with Gasteiger partial charge in [-0.1, -0.05) is 49.4 Å². The van der Waals surface area contributed by atoms with Gasteiger partial charge in [0.05, 0.1) is 12.8 Å². The molecule has 0 fully saturated rings. The Morgan fingerprint density at radius 2 is 1.67 bits per heavy atom. The average Bonchev–Trinajstić information content (AvgIpc) is 2.66. The molecular formula is C22H19NO. The normalized spacial score (nSPS) is 12.4. The second-order valence-electron chi connectivity index (χ2n) is 6.07. The van der Waals surface area contributed by atoms with Gasteiger partial charge in [0.15, 0.2) is 0 Å². The van der Waals surface area contributed by atoms with Gasteiger partial charge >= 0.3 is 0 Å². The summed E-state index contributed by atoms with van der Waals surface area (Å²) in [6.45, 7) is 2.23. The maximum atomic E-state index is 5.34. The summed E-state index contributed by atoms with van der Waals surface area (Å²) in [4.78, 5) is 4.70. The van der Waals surface area contributed by atoms with Crippen LogP contribution in [0.5, 0.6) is 5.75 Å². The van der Waals surface area contributed by atoms with Crippen LogP contribution in [-0.4, -0.2) is 12.1 Å². The first-order chi connectivity index (χ1) is 11.8. The van der Waals surface area contributed by atoms with Crippen molar-refractivity contribution in [2.24, 2.45) is 0 Å². The lowest BCUT2D eigenvalue weighted by molar-refractivity contribution is 0.415. The Kier molecular flexibility index (Phi) is 3.66. The van der Waals surface area contributed by atoms with Crippen molar-refractivity contribution in [2.45, 2.75) is 12.8 Å². The van der Waals surface area contributed by atoms with Crippen LogP contribution in [0.15, 0.2) is 72.9 Å². The minimum atomic E-state index is 0.216. The topological polar surface area (TPSA) is 22.1 Å². The zero-order valence-electron chi connectivity index (χ0n) is 13.9. The van der Waals surface area contributed by atoms with Crippen molar-refractivity contribution in [3.63, 3.8) is 0 Å². The Morgan fingerprint density at radius 1 is 0.833 bits per heavy atom. The van der Waals surface area contributed by atoms with Gasteiger partial charge in [-0.2, -0.15) is 0 Å². The summed E-state index contributed by atoms with van der Waals surface area (Å²) < 4.78 is 5.34. The molecule has 24 heavy (non-hydrogen) atoms. The molecule has 3 aromatic carbocycles. The Labute approximate surface area is 141 Å². The summed E-state index contributed by atoms with van der Waals surface area (Å²) in [5.41, 5.74) is 2.41. The fourth-order valence-corrected chi connectivity index (χ4v) is 3.43. The number of nitrogens with zero attached hydrogens (tertiary/aromatic N) is 1. The van der Waals surface area contributed by atoms with Crippen molar-refractivity contribution in [3.05, 3.63) is 84.2 Å². The number of hydrogen-bond acceptors (Lipinski definition) is 2. The van der Waals surface area contributed by atoms with Crippen molar-refractivity contribution in [1.29, 1.82) is 0 Å². The van der Waals surface area contributed by atoms with Crippen molar-refractivity contribution < 1.29 is 4.74 Å². The zero-order chi connectivity index (χ0) is 16.5. The second-order valence-corrected chi connectivity index (χ2v) is 6.07. The van der Waals surface area contributed by atoms with Crippen molar-refractivity contribution in [2.75, 3.05) is 7.11 Å². The molecular weight excluding hydrogens is 294 g/mol. The van der Waals surface area contributed by atoms with Crippen molar-refractivity contribution in [3.8, 4) is 5.75 Å². The van der Waals surface area contributed by atoms with E-state index in [1.165, 1.54) is 21.7 Å². The lowest BCUT2D eigenvalue weighted by Crippen LogP contribution is -2.01. The lowest BCUT2D eigenvalue weighted by atomic mass is 9.90. The lowest BCUT2D eigenvalue weighted by Gasteiger charge is -2.16. The first kappa shape index (κ1) is 14.7. The van der Waals surface area contributed by atoms with E-state index in [1.54, 1.807) is 7.11 Å². The van der Waals surface area contributed by atoms with Crippen LogP contribution >= 0.6 is 0 Å². The molecule has 0 saturated heterocycles. The van der Waals surface area contributed by atoms with Crippen LogP contribution < -0.4 is 4.74 Å². The van der Waals surface area contributed by atoms with Gasteiger partial charge in [-0.25, -0.2) is 0 Å². The Hall–Kier alpha value is -2.87. The molecule has 1 unspecified atom stereocenters. The van der Waals surface area contributed by atoms with Crippen LogP contribution in [0.2, 0.25) is 0 Å². The van der Waals surface area contributed by atoms with Crippen LogP contribution in [0.25, 0.3) is 21.5 Å². The van der Waals surface area contributed by atoms with E-state index in [-0.39, 0.29) is 5.92 Å². The summed E-state index contributed by atoms with van der Waals surface area (Å²) >= 11 is 0. The van der Waals surface area contributed by atoms with Gasteiger partial charge in [-0.05, 0) is 46.0 Å². The fourth-order valence-electron chi connectivity index (χ4n) is 3.43. The monoisotopic (exact) mass is 313 g/mol. The van der Waals surface area contributed by atoms with E-state index in [0.29, 0.717) is 0 Å². The number of benzene rings is 3. The van der Waals surface area contributed by atoms with Gasteiger partial charge in [-0.3, -0.25) is 4.98 Å². The number of hydrogen-bond donors (Lipinski definition) is 0. The van der Waals surface area contributed by atoms with Crippen LogP contribution in [0.1, 0.15) is 24.1 Å². The zero-order valence-corrected chi connectivity index (χ0v) is 13.9. The summed E-state index contributed by atoms with van der Waals surface area (Å²) in [6, 6.07) is 23.2. The highest BCUT2D eigenvalue weighted by Crippen LogP contribution is 2.33. The van der Waals surface area contributed by atoms with Crippen molar-refractivity contribution >= 4 is 21.5 Å². The molecule has 118 valence electrons. The first-order valence-corrected chi connectivity index (χ1v) is 8.18.